The van der Waals surface area contributed by atoms with Crippen LogP contribution in [0.25, 0.3) is 0 Å². The lowest BCUT2D eigenvalue weighted by Gasteiger charge is -2.40. The van der Waals surface area contributed by atoms with Crippen LogP contribution in [0.5, 0.6) is 0 Å². The zero-order chi connectivity index (χ0) is 14.0. The van der Waals surface area contributed by atoms with Gasteiger partial charge < -0.3 is 5.32 Å². The van der Waals surface area contributed by atoms with Crippen LogP contribution in [-0.4, -0.2) is 18.3 Å². The van der Waals surface area contributed by atoms with Crippen molar-refractivity contribution in [1.82, 2.24) is 5.32 Å². The van der Waals surface area contributed by atoms with Gasteiger partial charge in [0, 0.05) is 12.1 Å². The summed E-state index contributed by atoms with van der Waals surface area (Å²) in [5, 5.41) is 3.56. The van der Waals surface area contributed by atoms with Crippen molar-refractivity contribution in [2.24, 2.45) is 17.8 Å². The van der Waals surface area contributed by atoms with Gasteiger partial charge >= 0.3 is 6.18 Å². The van der Waals surface area contributed by atoms with Crippen LogP contribution in [0.3, 0.4) is 0 Å². The van der Waals surface area contributed by atoms with Crippen molar-refractivity contribution in [2.75, 3.05) is 0 Å². The van der Waals surface area contributed by atoms with Crippen LogP contribution in [0.1, 0.15) is 58.8 Å². The van der Waals surface area contributed by atoms with Crippen molar-refractivity contribution in [3.8, 4) is 0 Å². The molecule has 1 N–H and O–H groups in total. The summed E-state index contributed by atoms with van der Waals surface area (Å²) in [4.78, 5) is 0. The summed E-state index contributed by atoms with van der Waals surface area (Å²) in [6.45, 7) is 4.47. The molecule has 2 rings (SSSR count). The lowest BCUT2D eigenvalue weighted by Crippen LogP contribution is -2.50. The van der Waals surface area contributed by atoms with E-state index in [1.54, 1.807) is 0 Å². The van der Waals surface area contributed by atoms with E-state index in [9.17, 15) is 13.2 Å². The third-order valence-corrected chi connectivity index (χ3v) is 5.11. The van der Waals surface area contributed by atoms with Gasteiger partial charge in [-0.3, -0.25) is 0 Å². The lowest BCUT2D eigenvalue weighted by atomic mass is 9.77. The molecule has 0 amide bonds. The number of nitrogens with one attached hydrogen (secondary N) is 1. The summed E-state index contributed by atoms with van der Waals surface area (Å²) in [6.07, 6.45) is 1.87. The minimum atomic E-state index is -4.01. The fraction of sp³-hybridized carbons (Fsp3) is 1.00. The standard InChI is InChI=1S/C15H26F3N/c1-10-5-3-6-11(2)14(10)19-13-8-4-7-12(9-13)15(16,17)18/h10-14,19H,3-9H2,1-2H3. The van der Waals surface area contributed by atoms with Gasteiger partial charge in [0.15, 0.2) is 0 Å². The summed E-state index contributed by atoms with van der Waals surface area (Å²) in [5.41, 5.74) is 0. The van der Waals surface area contributed by atoms with Crippen molar-refractivity contribution in [3.63, 3.8) is 0 Å². The van der Waals surface area contributed by atoms with Crippen molar-refractivity contribution in [3.05, 3.63) is 0 Å². The molecule has 2 aliphatic carbocycles. The highest BCUT2D eigenvalue weighted by Crippen LogP contribution is 2.38. The van der Waals surface area contributed by atoms with Gasteiger partial charge in [-0.1, -0.05) is 26.7 Å². The predicted molar refractivity (Wildman–Crippen MR) is 70.9 cm³/mol. The van der Waals surface area contributed by atoms with Crippen LogP contribution >= 0.6 is 0 Å². The van der Waals surface area contributed by atoms with E-state index in [0.29, 0.717) is 30.7 Å². The van der Waals surface area contributed by atoms with E-state index in [4.69, 9.17) is 0 Å². The lowest BCUT2D eigenvalue weighted by molar-refractivity contribution is -0.184. The molecule has 4 heteroatoms. The molecular formula is C15H26F3N. The highest BCUT2D eigenvalue weighted by atomic mass is 19.4. The van der Waals surface area contributed by atoms with E-state index in [1.165, 1.54) is 19.3 Å². The molecule has 0 aromatic heterocycles. The molecule has 2 aliphatic rings. The van der Waals surface area contributed by atoms with Crippen LogP contribution in [-0.2, 0) is 0 Å². The molecule has 0 bridgehead atoms. The van der Waals surface area contributed by atoms with Crippen molar-refractivity contribution in [2.45, 2.75) is 77.1 Å². The monoisotopic (exact) mass is 277 g/mol. The van der Waals surface area contributed by atoms with Crippen LogP contribution in [0, 0.1) is 17.8 Å². The summed E-state index contributed by atoms with van der Waals surface area (Å²) in [7, 11) is 0. The maximum absolute atomic E-state index is 12.8. The second kappa shape index (κ2) is 6.02. The SMILES string of the molecule is CC1CCCC(C)C1NC1CCCC(C(F)(F)F)C1. The Morgan fingerprint density at radius 3 is 2.05 bits per heavy atom. The van der Waals surface area contributed by atoms with Gasteiger partial charge in [-0.2, -0.15) is 13.2 Å². The zero-order valence-electron chi connectivity index (χ0n) is 12.0. The quantitative estimate of drug-likeness (QED) is 0.782. The van der Waals surface area contributed by atoms with E-state index in [2.05, 4.69) is 19.2 Å². The van der Waals surface area contributed by atoms with E-state index in [-0.39, 0.29) is 12.5 Å². The average Bonchev–Trinajstić information content (AvgIpc) is 2.33. The van der Waals surface area contributed by atoms with Crippen molar-refractivity contribution >= 4 is 0 Å². The molecule has 2 fully saturated rings. The Labute approximate surface area is 114 Å². The number of alkyl halides is 3. The van der Waals surface area contributed by atoms with Gasteiger partial charge in [0.05, 0.1) is 5.92 Å². The topological polar surface area (TPSA) is 12.0 Å². The van der Waals surface area contributed by atoms with Crippen LogP contribution in [0.15, 0.2) is 0 Å². The van der Waals surface area contributed by atoms with Crippen LogP contribution in [0.2, 0.25) is 0 Å². The average molecular weight is 277 g/mol. The molecule has 0 aromatic rings. The Balaban J connectivity index is 1.91. The maximum Gasteiger partial charge on any atom is 0.391 e. The molecule has 19 heavy (non-hydrogen) atoms. The minimum absolute atomic E-state index is 0.0633. The first-order valence-corrected chi connectivity index (χ1v) is 7.70. The Morgan fingerprint density at radius 1 is 0.895 bits per heavy atom. The fourth-order valence-electron chi connectivity index (χ4n) is 3.92. The molecular weight excluding hydrogens is 251 g/mol. The van der Waals surface area contributed by atoms with Gasteiger partial charge in [0.25, 0.3) is 0 Å². The van der Waals surface area contributed by atoms with Crippen LogP contribution in [0.4, 0.5) is 13.2 Å². The molecule has 0 aliphatic heterocycles. The Bertz CT molecular complexity index is 280. The van der Waals surface area contributed by atoms with Crippen LogP contribution < -0.4 is 5.32 Å². The number of rotatable bonds is 2. The van der Waals surface area contributed by atoms with E-state index in [1.807, 2.05) is 0 Å². The Kier molecular flexibility index (Phi) is 4.80. The molecule has 0 spiro atoms. The van der Waals surface area contributed by atoms with E-state index < -0.39 is 12.1 Å². The normalized spacial score (nSPS) is 41.2. The smallest absolute Gasteiger partial charge is 0.311 e. The first-order valence-electron chi connectivity index (χ1n) is 7.70. The highest BCUT2D eigenvalue weighted by molar-refractivity contribution is 4.89. The zero-order valence-corrected chi connectivity index (χ0v) is 12.0. The second-order valence-corrected chi connectivity index (χ2v) is 6.68. The number of hydrogen-bond acceptors (Lipinski definition) is 1. The maximum atomic E-state index is 12.8. The third kappa shape index (κ3) is 3.87. The summed E-state index contributed by atoms with van der Waals surface area (Å²) >= 11 is 0. The summed E-state index contributed by atoms with van der Waals surface area (Å²) in [6, 6.07) is 0.471. The van der Waals surface area contributed by atoms with Gasteiger partial charge in [-0.05, 0) is 43.9 Å². The molecule has 112 valence electrons. The Hall–Kier alpha value is -0.250. The first-order chi connectivity index (χ1) is 8.88. The van der Waals surface area contributed by atoms with Gasteiger partial charge in [0.2, 0.25) is 0 Å². The van der Waals surface area contributed by atoms with Gasteiger partial charge in [-0.15, -0.1) is 0 Å². The minimum Gasteiger partial charge on any atom is -0.311 e. The van der Waals surface area contributed by atoms with Crippen molar-refractivity contribution in [1.29, 1.82) is 0 Å². The predicted octanol–water partition coefficient (Wildman–Crippen LogP) is 4.52. The molecule has 0 aromatic carbocycles. The molecule has 0 heterocycles. The first kappa shape index (κ1) is 15.1. The third-order valence-electron chi connectivity index (χ3n) is 5.11. The van der Waals surface area contributed by atoms with E-state index >= 15 is 0 Å². The molecule has 0 saturated heterocycles. The Morgan fingerprint density at radius 2 is 1.47 bits per heavy atom. The van der Waals surface area contributed by atoms with Gasteiger partial charge in [-0.25, -0.2) is 0 Å². The van der Waals surface area contributed by atoms with Gasteiger partial charge in [0.1, 0.15) is 0 Å². The fourth-order valence-corrected chi connectivity index (χ4v) is 3.92. The second-order valence-electron chi connectivity index (χ2n) is 6.68. The summed E-state index contributed by atoms with van der Waals surface area (Å²) in [5.74, 6) is 0.0954. The largest absolute Gasteiger partial charge is 0.391 e. The molecule has 4 unspecified atom stereocenters. The van der Waals surface area contributed by atoms with Crippen molar-refractivity contribution < 1.29 is 13.2 Å². The molecule has 2 saturated carbocycles. The number of hydrogen-bond donors (Lipinski definition) is 1. The van der Waals surface area contributed by atoms with E-state index in [0.717, 1.165) is 6.42 Å². The highest BCUT2D eigenvalue weighted by Gasteiger charge is 2.42. The molecule has 1 nitrogen and oxygen atoms in total. The number of halogens is 3. The molecule has 0 radical (unpaired) electrons. The summed E-state index contributed by atoms with van der Waals surface area (Å²) < 4.78 is 38.5. The molecule has 4 atom stereocenters.